The Kier molecular flexibility index (Phi) is 9.44. The molecule has 0 aliphatic carbocycles. The van der Waals surface area contributed by atoms with E-state index in [1.54, 1.807) is 0 Å². The normalized spacial score (nSPS) is 12.0. The van der Waals surface area contributed by atoms with Crippen LogP contribution >= 0.6 is 0 Å². The fourth-order valence-electron chi connectivity index (χ4n) is 5.36. The maximum absolute atomic E-state index is 10.0. The molecule has 40 heavy (non-hydrogen) atoms. The summed E-state index contributed by atoms with van der Waals surface area (Å²) in [5.41, 5.74) is 6.84. The minimum absolute atomic E-state index is 0. The van der Waals surface area contributed by atoms with Crippen LogP contribution < -0.4 is 0 Å². The Bertz CT molecular complexity index is 1730. The number of carbonyl (C=O) groups excluding carboxylic acids is 1. The number of rotatable bonds is 3. The van der Waals surface area contributed by atoms with E-state index in [1.807, 2.05) is 13.1 Å². The standard InChI is InChI=1S/C30H30NO.C5H8O2.Ir/c1-17(2)27-18(3)8-9-22-23-12-13-31-28(25(23)11-10-24(22)27)20-15-21-14-19(4)32-29(21)26(16-20)30(5,6)7;1-4(6)3-5(2)7;/h8-14,16-17H,1-7H3;3,6H,1-2H3;/q-1;;/b;4-3-;. The second-order valence-corrected chi connectivity index (χ2v) is 11.7. The molecule has 0 atom stereocenters. The van der Waals surface area contributed by atoms with E-state index in [4.69, 9.17) is 14.5 Å². The number of allylic oxidation sites excluding steroid dienone is 2. The van der Waals surface area contributed by atoms with Crippen LogP contribution in [-0.4, -0.2) is 15.9 Å². The Morgan fingerprint density at radius 3 is 2.17 bits per heavy atom. The average Bonchev–Trinajstić information content (AvgIpc) is 3.21. The van der Waals surface area contributed by atoms with Crippen LogP contribution in [0.4, 0.5) is 0 Å². The van der Waals surface area contributed by atoms with Gasteiger partial charge in [-0.2, -0.15) is 0 Å². The maximum atomic E-state index is 10.0. The van der Waals surface area contributed by atoms with Crippen LogP contribution in [0.25, 0.3) is 43.8 Å². The van der Waals surface area contributed by atoms with Crippen molar-refractivity contribution in [2.45, 2.75) is 73.6 Å². The summed E-state index contributed by atoms with van der Waals surface area (Å²) in [6.07, 6.45) is 3.10. The van der Waals surface area contributed by atoms with E-state index in [2.05, 4.69) is 90.1 Å². The molecule has 2 aromatic heterocycles. The molecule has 2 heterocycles. The first-order valence-electron chi connectivity index (χ1n) is 13.4. The molecule has 0 spiro atoms. The Hall–Kier alpha value is -3.27. The monoisotopic (exact) mass is 713 g/mol. The molecule has 4 nitrogen and oxygen atoms in total. The molecule has 5 heteroatoms. The molecule has 5 rings (SSSR count). The number of hydrogen-bond acceptors (Lipinski definition) is 4. The molecular formula is C35H38IrNO3-. The molecular weight excluding hydrogens is 675 g/mol. The van der Waals surface area contributed by atoms with Gasteiger partial charge in [-0.15, -0.1) is 12.1 Å². The quantitative estimate of drug-likeness (QED) is 0.0876. The van der Waals surface area contributed by atoms with Gasteiger partial charge in [0.05, 0.1) is 17.1 Å². The smallest absolute Gasteiger partial charge is 0.155 e. The SMILES string of the molecule is CC(=O)/C=C(/C)O.Cc1cc2[c-]c(-c3nccc4c3ccc3c(C(C)C)c(C)ccc34)cc(C(C)(C)C)c2o1.[Ir]. The summed E-state index contributed by atoms with van der Waals surface area (Å²) in [6, 6.07) is 19.1. The summed E-state index contributed by atoms with van der Waals surface area (Å²) in [5, 5.41) is 14.4. The van der Waals surface area contributed by atoms with Crippen molar-refractivity contribution in [3.8, 4) is 11.3 Å². The molecule has 5 aromatic rings. The van der Waals surface area contributed by atoms with Gasteiger partial charge < -0.3 is 9.52 Å². The average molecular weight is 713 g/mol. The molecule has 1 N–H and O–H groups in total. The number of ketones is 1. The van der Waals surface area contributed by atoms with Crippen LogP contribution in [0.3, 0.4) is 0 Å². The second-order valence-electron chi connectivity index (χ2n) is 11.7. The number of furan rings is 1. The van der Waals surface area contributed by atoms with Gasteiger partial charge >= 0.3 is 0 Å². The van der Waals surface area contributed by atoms with Crippen LogP contribution in [0.1, 0.15) is 76.8 Å². The Morgan fingerprint density at radius 1 is 0.975 bits per heavy atom. The van der Waals surface area contributed by atoms with E-state index in [0.717, 1.165) is 33.4 Å². The third-order valence-corrected chi connectivity index (χ3v) is 6.91. The van der Waals surface area contributed by atoms with Crippen LogP contribution in [-0.2, 0) is 30.3 Å². The summed E-state index contributed by atoms with van der Waals surface area (Å²) < 4.78 is 6.06. The molecule has 1 radical (unpaired) electrons. The van der Waals surface area contributed by atoms with Crippen LogP contribution in [0, 0.1) is 19.9 Å². The van der Waals surface area contributed by atoms with Gasteiger partial charge in [0, 0.05) is 38.1 Å². The van der Waals surface area contributed by atoms with Gasteiger partial charge in [0.1, 0.15) is 0 Å². The molecule has 0 bridgehead atoms. The third kappa shape index (κ3) is 6.37. The van der Waals surface area contributed by atoms with Crippen molar-refractivity contribution in [1.29, 1.82) is 0 Å². The summed E-state index contributed by atoms with van der Waals surface area (Å²) in [5.74, 6) is 1.33. The van der Waals surface area contributed by atoms with Crippen molar-refractivity contribution in [2.75, 3.05) is 0 Å². The third-order valence-electron chi connectivity index (χ3n) is 6.91. The number of nitrogens with zero attached hydrogens (tertiary/aromatic N) is 1. The number of fused-ring (bicyclic) bond motifs is 4. The molecule has 0 saturated heterocycles. The minimum atomic E-state index is -0.125. The molecule has 0 amide bonds. The molecule has 3 aromatic carbocycles. The number of aryl methyl sites for hydroxylation is 2. The zero-order chi connectivity index (χ0) is 28.6. The topological polar surface area (TPSA) is 63.3 Å². The van der Waals surface area contributed by atoms with E-state index < -0.39 is 0 Å². The first kappa shape index (κ1) is 31.3. The number of aromatic nitrogens is 1. The van der Waals surface area contributed by atoms with Gasteiger partial charge in [-0.05, 0) is 77.8 Å². The van der Waals surface area contributed by atoms with Crippen LogP contribution in [0.5, 0.6) is 0 Å². The first-order valence-corrected chi connectivity index (χ1v) is 13.4. The molecule has 0 fully saturated rings. The zero-order valence-corrected chi connectivity index (χ0v) is 27.2. The zero-order valence-electron chi connectivity index (χ0n) is 24.8. The molecule has 0 saturated carbocycles. The molecule has 0 aliphatic rings. The fraction of sp³-hybridized carbons (Fsp3) is 0.314. The predicted octanol–water partition coefficient (Wildman–Crippen LogP) is 9.67. The van der Waals surface area contributed by atoms with Gasteiger partial charge in [-0.1, -0.05) is 81.5 Å². The Morgan fingerprint density at radius 2 is 1.60 bits per heavy atom. The van der Waals surface area contributed by atoms with Crippen molar-refractivity contribution in [1.82, 2.24) is 4.98 Å². The summed E-state index contributed by atoms with van der Waals surface area (Å²) >= 11 is 0. The van der Waals surface area contributed by atoms with Gasteiger partial charge in [0.2, 0.25) is 0 Å². The largest absolute Gasteiger partial charge is 0.512 e. The van der Waals surface area contributed by atoms with Crippen LogP contribution in [0.2, 0.25) is 0 Å². The predicted molar refractivity (Wildman–Crippen MR) is 163 cm³/mol. The number of carbonyl (C=O) groups is 1. The number of pyridine rings is 1. The van der Waals surface area contributed by atoms with Crippen molar-refractivity contribution in [3.05, 3.63) is 89.0 Å². The van der Waals surface area contributed by atoms with Gasteiger partial charge in [-0.25, -0.2) is 0 Å². The molecule has 211 valence electrons. The van der Waals surface area contributed by atoms with E-state index in [1.165, 1.54) is 52.8 Å². The van der Waals surface area contributed by atoms with E-state index in [-0.39, 0.29) is 37.1 Å². The molecule has 0 aliphatic heterocycles. The summed E-state index contributed by atoms with van der Waals surface area (Å²) in [6.45, 7) is 18.3. The van der Waals surface area contributed by atoms with Gasteiger partial charge in [0.15, 0.2) is 5.78 Å². The van der Waals surface area contributed by atoms with Crippen molar-refractivity contribution in [2.24, 2.45) is 0 Å². The van der Waals surface area contributed by atoms with Crippen molar-refractivity contribution < 1.29 is 34.4 Å². The van der Waals surface area contributed by atoms with Crippen molar-refractivity contribution in [3.63, 3.8) is 0 Å². The second kappa shape index (κ2) is 12.1. The number of aliphatic hydroxyl groups is 1. The van der Waals surface area contributed by atoms with E-state index in [0.29, 0.717) is 5.92 Å². The van der Waals surface area contributed by atoms with Crippen molar-refractivity contribution >= 4 is 38.3 Å². The van der Waals surface area contributed by atoms with Crippen LogP contribution in [0.15, 0.2) is 64.9 Å². The summed E-state index contributed by atoms with van der Waals surface area (Å²) in [4.78, 5) is 14.9. The molecule has 0 unspecified atom stereocenters. The summed E-state index contributed by atoms with van der Waals surface area (Å²) in [7, 11) is 0. The van der Waals surface area contributed by atoms with E-state index in [9.17, 15) is 4.79 Å². The minimum Gasteiger partial charge on any atom is -0.512 e. The van der Waals surface area contributed by atoms with E-state index >= 15 is 0 Å². The Balaban J connectivity index is 0.000000492. The fourth-order valence-corrected chi connectivity index (χ4v) is 5.36. The first-order chi connectivity index (χ1) is 18.3. The maximum Gasteiger partial charge on any atom is 0.155 e. The number of benzene rings is 3. The number of hydrogen-bond donors (Lipinski definition) is 1. The number of aliphatic hydroxyl groups excluding tert-OH is 1. The Labute approximate surface area is 250 Å². The van der Waals surface area contributed by atoms with Gasteiger partial charge in [0.25, 0.3) is 0 Å². The van der Waals surface area contributed by atoms with Gasteiger partial charge in [-0.3, -0.25) is 9.78 Å².